The maximum Gasteiger partial charge on any atom is 0.266 e. The van der Waals surface area contributed by atoms with Gasteiger partial charge in [-0.15, -0.1) is 0 Å². The predicted molar refractivity (Wildman–Crippen MR) is 36.0 cm³/mol. The molecule has 58 valence electrons. The summed E-state index contributed by atoms with van der Waals surface area (Å²) in [6.45, 7) is 5.64. The van der Waals surface area contributed by atoms with Gasteiger partial charge in [-0.2, -0.15) is 0 Å². The number of nitrogens with zero attached hydrogens (tertiary/aromatic N) is 1. The number of hydrogen-bond donors (Lipinski definition) is 0. The molecule has 0 aromatic heterocycles. The van der Waals surface area contributed by atoms with Gasteiger partial charge in [-0.1, -0.05) is 6.58 Å². The van der Waals surface area contributed by atoms with Crippen LogP contribution in [0.15, 0.2) is 12.3 Å². The third-order valence-electron chi connectivity index (χ3n) is 1.71. The lowest BCUT2D eigenvalue weighted by molar-refractivity contribution is 0.0152. The number of allylic oxidation sites excluding steroid dienone is 1. The average molecular weight is 147 g/mol. The summed E-state index contributed by atoms with van der Waals surface area (Å²) in [6, 6.07) is 0. The molecule has 1 nitrogen and oxygen atoms in total. The van der Waals surface area contributed by atoms with Crippen molar-refractivity contribution in [3.05, 3.63) is 12.3 Å². The molecule has 0 bridgehead atoms. The van der Waals surface area contributed by atoms with E-state index in [1.165, 1.54) is 0 Å². The fourth-order valence-electron chi connectivity index (χ4n) is 1.06. The van der Waals surface area contributed by atoms with Crippen LogP contribution in [0.25, 0.3) is 0 Å². The first-order chi connectivity index (χ1) is 4.51. The SMILES string of the molecule is C=C(C)N1CCC(F)(F)C1. The van der Waals surface area contributed by atoms with Crippen molar-refractivity contribution in [1.29, 1.82) is 0 Å². The normalized spacial score (nSPS) is 23.3. The fraction of sp³-hybridized carbons (Fsp3) is 0.714. The standard InChI is InChI=1S/C7H11F2N/c1-6(2)10-4-3-7(8,9)5-10/h1,3-5H2,2H3. The quantitative estimate of drug-likeness (QED) is 0.547. The first-order valence-corrected chi connectivity index (χ1v) is 3.29. The van der Waals surface area contributed by atoms with Crippen molar-refractivity contribution < 1.29 is 8.78 Å². The molecule has 1 heterocycles. The van der Waals surface area contributed by atoms with Crippen LogP contribution < -0.4 is 0 Å². The van der Waals surface area contributed by atoms with Gasteiger partial charge in [-0.3, -0.25) is 0 Å². The molecule has 0 aromatic carbocycles. The van der Waals surface area contributed by atoms with E-state index in [1.807, 2.05) is 0 Å². The Labute approximate surface area is 59.3 Å². The zero-order valence-corrected chi connectivity index (χ0v) is 6.03. The number of likely N-dealkylation sites (tertiary alicyclic amines) is 1. The summed E-state index contributed by atoms with van der Waals surface area (Å²) < 4.78 is 24.9. The van der Waals surface area contributed by atoms with Gasteiger partial charge in [0, 0.05) is 18.7 Å². The summed E-state index contributed by atoms with van der Waals surface area (Å²) >= 11 is 0. The third kappa shape index (κ3) is 1.46. The Balaban J connectivity index is 2.51. The Morgan fingerprint density at radius 1 is 1.60 bits per heavy atom. The minimum absolute atomic E-state index is 0.0279. The Morgan fingerprint density at radius 3 is 2.40 bits per heavy atom. The summed E-state index contributed by atoms with van der Waals surface area (Å²) in [5.41, 5.74) is 0.733. The molecular weight excluding hydrogens is 136 g/mol. The highest BCUT2D eigenvalue weighted by atomic mass is 19.3. The highest BCUT2D eigenvalue weighted by Gasteiger charge is 2.37. The molecule has 0 aliphatic carbocycles. The Morgan fingerprint density at radius 2 is 2.20 bits per heavy atom. The molecule has 1 aliphatic rings. The summed E-state index contributed by atoms with van der Waals surface area (Å²) in [6.07, 6.45) is -0.0279. The van der Waals surface area contributed by atoms with Crippen LogP contribution in [0.5, 0.6) is 0 Å². The molecule has 1 aliphatic heterocycles. The van der Waals surface area contributed by atoms with Crippen LogP contribution in [-0.4, -0.2) is 23.9 Å². The summed E-state index contributed by atoms with van der Waals surface area (Å²) in [5, 5.41) is 0. The second-order valence-corrected chi connectivity index (χ2v) is 2.76. The molecule has 1 fully saturated rings. The van der Waals surface area contributed by atoms with Gasteiger partial charge in [-0.25, -0.2) is 8.78 Å². The van der Waals surface area contributed by atoms with Crippen LogP contribution in [-0.2, 0) is 0 Å². The summed E-state index contributed by atoms with van der Waals surface area (Å²) in [4.78, 5) is 1.61. The minimum atomic E-state index is -2.49. The Kier molecular flexibility index (Phi) is 1.67. The van der Waals surface area contributed by atoms with Crippen LogP contribution in [0.1, 0.15) is 13.3 Å². The van der Waals surface area contributed by atoms with E-state index in [2.05, 4.69) is 6.58 Å². The van der Waals surface area contributed by atoms with Crippen molar-refractivity contribution in [3.8, 4) is 0 Å². The molecule has 10 heavy (non-hydrogen) atoms. The molecule has 0 aromatic rings. The second-order valence-electron chi connectivity index (χ2n) is 2.76. The molecular formula is C7H11F2N. The Hall–Kier alpha value is -0.600. The third-order valence-corrected chi connectivity index (χ3v) is 1.71. The van der Waals surface area contributed by atoms with E-state index < -0.39 is 5.92 Å². The number of alkyl halides is 2. The zero-order valence-electron chi connectivity index (χ0n) is 6.03. The predicted octanol–water partition coefficient (Wildman–Crippen LogP) is 1.86. The van der Waals surface area contributed by atoms with E-state index in [1.54, 1.807) is 11.8 Å². The first-order valence-electron chi connectivity index (χ1n) is 3.29. The van der Waals surface area contributed by atoms with E-state index >= 15 is 0 Å². The topological polar surface area (TPSA) is 3.24 Å². The number of halogens is 2. The molecule has 1 rings (SSSR count). The highest BCUT2D eigenvalue weighted by molar-refractivity contribution is 4.96. The smallest absolute Gasteiger partial charge is 0.266 e. The summed E-state index contributed by atoms with van der Waals surface area (Å²) in [5.74, 6) is -2.49. The molecule has 0 unspecified atom stereocenters. The van der Waals surface area contributed by atoms with Gasteiger partial charge in [0.25, 0.3) is 5.92 Å². The van der Waals surface area contributed by atoms with E-state index in [0.717, 1.165) is 5.70 Å². The maximum atomic E-state index is 12.5. The van der Waals surface area contributed by atoms with Gasteiger partial charge in [-0.05, 0) is 6.92 Å². The second kappa shape index (κ2) is 2.22. The Bertz CT molecular complexity index is 154. The van der Waals surface area contributed by atoms with Crippen molar-refractivity contribution in [2.75, 3.05) is 13.1 Å². The van der Waals surface area contributed by atoms with Crippen LogP contribution >= 0.6 is 0 Å². The van der Waals surface area contributed by atoms with Gasteiger partial charge in [0.15, 0.2) is 0 Å². The lowest BCUT2D eigenvalue weighted by Gasteiger charge is -2.16. The fourth-order valence-corrected chi connectivity index (χ4v) is 1.06. The lowest BCUT2D eigenvalue weighted by atomic mass is 10.3. The highest BCUT2D eigenvalue weighted by Crippen LogP contribution is 2.28. The zero-order chi connectivity index (χ0) is 7.78. The van der Waals surface area contributed by atoms with Gasteiger partial charge in [0.1, 0.15) is 0 Å². The minimum Gasteiger partial charge on any atom is -0.369 e. The van der Waals surface area contributed by atoms with Gasteiger partial charge in [0.05, 0.1) is 6.54 Å². The van der Waals surface area contributed by atoms with Crippen LogP contribution in [0.4, 0.5) is 8.78 Å². The molecule has 0 saturated carbocycles. The molecule has 0 radical (unpaired) electrons. The van der Waals surface area contributed by atoms with Crippen molar-refractivity contribution in [2.24, 2.45) is 0 Å². The van der Waals surface area contributed by atoms with Crippen molar-refractivity contribution in [1.82, 2.24) is 4.90 Å². The van der Waals surface area contributed by atoms with E-state index in [9.17, 15) is 8.78 Å². The monoisotopic (exact) mass is 147 g/mol. The molecule has 0 spiro atoms. The van der Waals surface area contributed by atoms with E-state index in [-0.39, 0.29) is 13.0 Å². The molecule has 1 saturated heterocycles. The lowest BCUT2D eigenvalue weighted by Crippen LogP contribution is -2.23. The molecule has 0 amide bonds. The van der Waals surface area contributed by atoms with Crippen molar-refractivity contribution >= 4 is 0 Å². The van der Waals surface area contributed by atoms with E-state index in [4.69, 9.17) is 0 Å². The van der Waals surface area contributed by atoms with Crippen molar-refractivity contribution in [3.63, 3.8) is 0 Å². The average Bonchev–Trinajstić information content (AvgIpc) is 2.10. The summed E-state index contributed by atoms with van der Waals surface area (Å²) in [7, 11) is 0. The van der Waals surface area contributed by atoms with Crippen molar-refractivity contribution in [2.45, 2.75) is 19.3 Å². The van der Waals surface area contributed by atoms with Crippen LogP contribution in [0.2, 0.25) is 0 Å². The van der Waals surface area contributed by atoms with Crippen LogP contribution in [0, 0.1) is 0 Å². The largest absolute Gasteiger partial charge is 0.369 e. The van der Waals surface area contributed by atoms with Gasteiger partial charge < -0.3 is 4.90 Å². The molecule has 0 N–H and O–H groups in total. The number of rotatable bonds is 1. The van der Waals surface area contributed by atoms with E-state index in [0.29, 0.717) is 6.54 Å². The van der Waals surface area contributed by atoms with Gasteiger partial charge >= 0.3 is 0 Å². The molecule has 0 atom stereocenters. The first kappa shape index (κ1) is 7.51. The molecule has 3 heteroatoms. The maximum absolute atomic E-state index is 12.5. The number of hydrogen-bond acceptors (Lipinski definition) is 1. The van der Waals surface area contributed by atoms with Crippen LogP contribution in [0.3, 0.4) is 0 Å². The van der Waals surface area contributed by atoms with Gasteiger partial charge in [0.2, 0.25) is 0 Å².